The second kappa shape index (κ2) is 10.9. The van der Waals surface area contributed by atoms with E-state index in [4.69, 9.17) is 0 Å². The van der Waals surface area contributed by atoms with Crippen molar-refractivity contribution in [3.63, 3.8) is 0 Å². The molecule has 0 radical (unpaired) electrons. The summed E-state index contributed by atoms with van der Waals surface area (Å²) in [5.41, 5.74) is -0.268. The van der Waals surface area contributed by atoms with Gasteiger partial charge < -0.3 is 21.3 Å². The molecular formula is C18H35N5O2. The lowest BCUT2D eigenvalue weighted by atomic mass is 9.95. The van der Waals surface area contributed by atoms with Gasteiger partial charge in [0.05, 0.1) is 0 Å². The largest absolute Gasteiger partial charge is 0.357 e. The van der Waals surface area contributed by atoms with Crippen LogP contribution in [0.25, 0.3) is 0 Å². The van der Waals surface area contributed by atoms with Gasteiger partial charge in [0, 0.05) is 31.1 Å². The molecule has 0 aromatic heterocycles. The summed E-state index contributed by atoms with van der Waals surface area (Å²) in [7, 11) is 0. The van der Waals surface area contributed by atoms with Gasteiger partial charge >= 0.3 is 0 Å². The van der Waals surface area contributed by atoms with Gasteiger partial charge in [0.2, 0.25) is 11.8 Å². The lowest BCUT2D eigenvalue weighted by molar-refractivity contribution is -0.122. The Morgan fingerprint density at radius 2 is 1.72 bits per heavy atom. The van der Waals surface area contributed by atoms with Crippen LogP contribution in [0.2, 0.25) is 0 Å². The normalized spacial score (nSPS) is 16.2. The second-order valence-electron chi connectivity index (χ2n) is 7.57. The minimum absolute atomic E-state index is 0.0564. The molecule has 7 heteroatoms. The van der Waals surface area contributed by atoms with Crippen LogP contribution < -0.4 is 21.3 Å². The number of rotatable bonds is 7. The monoisotopic (exact) mass is 353 g/mol. The van der Waals surface area contributed by atoms with Crippen LogP contribution in [-0.2, 0) is 9.59 Å². The van der Waals surface area contributed by atoms with Crippen molar-refractivity contribution in [2.24, 2.45) is 4.99 Å². The number of carbonyl (C=O) groups is 2. The van der Waals surface area contributed by atoms with Crippen LogP contribution in [0.5, 0.6) is 0 Å². The summed E-state index contributed by atoms with van der Waals surface area (Å²) in [6.07, 6.45) is 6.26. The van der Waals surface area contributed by atoms with Crippen molar-refractivity contribution >= 4 is 17.8 Å². The van der Waals surface area contributed by atoms with Gasteiger partial charge in [-0.2, -0.15) is 0 Å². The quantitative estimate of drug-likeness (QED) is 0.410. The van der Waals surface area contributed by atoms with E-state index in [2.05, 4.69) is 26.3 Å². The molecule has 7 nitrogen and oxygen atoms in total. The fourth-order valence-corrected chi connectivity index (χ4v) is 2.79. The topological polar surface area (TPSA) is 94.6 Å². The van der Waals surface area contributed by atoms with E-state index in [9.17, 15) is 9.59 Å². The number of aliphatic imine (C=N–C) groups is 1. The Labute approximate surface area is 151 Å². The molecule has 1 aliphatic carbocycles. The molecule has 0 aliphatic heterocycles. The van der Waals surface area contributed by atoms with Crippen molar-refractivity contribution in [1.29, 1.82) is 0 Å². The third-order valence-corrected chi connectivity index (χ3v) is 3.85. The van der Waals surface area contributed by atoms with E-state index in [1.54, 1.807) is 0 Å². The average Bonchev–Trinajstić information content (AvgIpc) is 2.52. The molecule has 0 saturated heterocycles. The minimum atomic E-state index is -0.268. The molecule has 1 rings (SSSR count). The Kier molecular flexibility index (Phi) is 9.31. The first kappa shape index (κ1) is 21.3. The molecular weight excluding hydrogens is 318 g/mol. The zero-order chi connectivity index (χ0) is 18.7. The molecule has 0 bridgehead atoms. The summed E-state index contributed by atoms with van der Waals surface area (Å²) in [5.74, 6) is 0.498. The van der Waals surface area contributed by atoms with E-state index in [-0.39, 0.29) is 23.9 Å². The smallest absolute Gasteiger partial charge is 0.242 e. The summed E-state index contributed by atoms with van der Waals surface area (Å²) < 4.78 is 0. The van der Waals surface area contributed by atoms with E-state index < -0.39 is 0 Å². The molecule has 2 amide bonds. The van der Waals surface area contributed by atoms with Crippen LogP contribution in [0.1, 0.15) is 66.2 Å². The number of nitrogens with one attached hydrogen (secondary N) is 4. The van der Waals surface area contributed by atoms with Crippen molar-refractivity contribution in [3.8, 4) is 0 Å². The summed E-state index contributed by atoms with van der Waals surface area (Å²) in [6, 6.07) is 0.337. The van der Waals surface area contributed by atoms with Gasteiger partial charge in [-0.25, -0.2) is 4.99 Å². The number of amides is 2. The Morgan fingerprint density at radius 3 is 2.32 bits per heavy atom. The van der Waals surface area contributed by atoms with Gasteiger partial charge in [0.1, 0.15) is 6.54 Å². The van der Waals surface area contributed by atoms with Crippen LogP contribution in [-0.4, -0.2) is 49.0 Å². The highest BCUT2D eigenvalue weighted by molar-refractivity contribution is 5.85. The van der Waals surface area contributed by atoms with E-state index in [0.29, 0.717) is 31.5 Å². The summed E-state index contributed by atoms with van der Waals surface area (Å²) in [4.78, 5) is 28.1. The first-order valence-corrected chi connectivity index (χ1v) is 9.42. The van der Waals surface area contributed by atoms with Gasteiger partial charge in [0.15, 0.2) is 5.96 Å². The zero-order valence-electron chi connectivity index (χ0n) is 16.2. The third kappa shape index (κ3) is 10.6. The van der Waals surface area contributed by atoms with E-state index in [1.807, 2.05) is 27.7 Å². The van der Waals surface area contributed by atoms with Crippen LogP contribution >= 0.6 is 0 Å². The summed E-state index contributed by atoms with van der Waals surface area (Å²) in [5, 5.41) is 12.2. The predicted octanol–water partition coefficient (Wildman–Crippen LogP) is 1.30. The van der Waals surface area contributed by atoms with Crippen LogP contribution in [0.15, 0.2) is 4.99 Å². The van der Waals surface area contributed by atoms with E-state index in [0.717, 1.165) is 12.8 Å². The van der Waals surface area contributed by atoms with Crippen molar-refractivity contribution in [2.45, 2.75) is 77.8 Å². The zero-order valence-corrected chi connectivity index (χ0v) is 16.2. The molecule has 0 unspecified atom stereocenters. The summed E-state index contributed by atoms with van der Waals surface area (Å²) in [6.45, 7) is 9.00. The maximum Gasteiger partial charge on any atom is 0.242 e. The number of hydrogen-bond donors (Lipinski definition) is 4. The Bertz CT molecular complexity index is 451. The summed E-state index contributed by atoms with van der Waals surface area (Å²) >= 11 is 0. The molecule has 1 fully saturated rings. The molecule has 0 heterocycles. The molecule has 144 valence electrons. The number of guanidine groups is 1. The predicted molar refractivity (Wildman–Crippen MR) is 102 cm³/mol. The van der Waals surface area contributed by atoms with Gasteiger partial charge in [0.25, 0.3) is 0 Å². The molecule has 0 aromatic carbocycles. The first-order chi connectivity index (χ1) is 11.8. The van der Waals surface area contributed by atoms with Gasteiger partial charge in [-0.1, -0.05) is 19.3 Å². The molecule has 25 heavy (non-hydrogen) atoms. The van der Waals surface area contributed by atoms with Crippen molar-refractivity contribution in [3.05, 3.63) is 0 Å². The van der Waals surface area contributed by atoms with Gasteiger partial charge in [-0.05, 0) is 40.5 Å². The SMILES string of the molecule is CCNC(=NCC(=O)NC(C)(C)C)NCCC(=O)NC1CCCCC1. The lowest BCUT2D eigenvalue weighted by Gasteiger charge is -2.22. The second-order valence-corrected chi connectivity index (χ2v) is 7.57. The van der Waals surface area contributed by atoms with Gasteiger partial charge in [-0.3, -0.25) is 9.59 Å². The van der Waals surface area contributed by atoms with Gasteiger partial charge in [-0.15, -0.1) is 0 Å². The fourth-order valence-electron chi connectivity index (χ4n) is 2.79. The van der Waals surface area contributed by atoms with E-state index in [1.165, 1.54) is 19.3 Å². The highest BCUT2D eigenvalue weighted by Crippen LogP contribution is 2.17. The highest BCUT2D eigenvalue weighted by atomic mass is 16.2. The average molecular weight is 354 g/mol. The standard InChI is InChI=1S/C18H35N5O2/c1-5-19-17(21-13-16(25)23-18(2,3)4)20-12-11-15(24)22-14-9-7-6-8-10-14/h14H,5-13H2,1-4H3,(H,22,24)(H,23,25)(H2,19,20,21). The van der Waals surface area contributed by atoms with Crippen LogP contribution in [0.4, 0.5) is 0 Å². The molecule has 1 aliphatic rings. The van der Waals surface area contributed by atoms with E-state index >= 15 is 0 Å². The Morgan fingerprint density at radius 1 is 1.04 bits per heavy atom. The third-order valence-electron chi connectivity index (χ3n) is 3.85. The van der Waals surface area contributed by atoms with Crippen molar-refractivity contribution < 1.29 is 9.59 Å². The van der Waals surface area contributed by atoms with Crippen molar-refractivity contribution in [1.82, 2.24) is 21.3 Å². The lowest BCUT2D eigenvalue weighted by Crippen LogP contribution is -2.44. The molecule has 4 N–H and O–H groups in total. The number of hydrogen-bond acceptors (Lipinski definition) is 3. The Balaban J connectivity index is 2.32. The van der Waals surface area contributed by atoms with Crippen LogP contribution in [0, 0.1) is 0 Å². The molecule has 0 atom stereocenters. The molecule has 0 spiro atoms. The Hall–Kier alpha value is -1.79. The molecule has 1 saturated carbocycles. The van der Waals surface area contributed by atoms with Crippen LogP contribution in [0.3, 0.4) is 0 Å². The highest BCUT2D eigenvalue weighted by Gasteiger charge is 2.15. The fraction of sp³-hybridized carbons (Fsp3) is 0.833. The molecule has 0 aromatic rings. The maximum atomic E-state index is 12.0. The minimum Gasteiger partial charge on any atom is -0.357 e. The first-order valence-electron chi connectivity index (χ1n) is 9.42. The van der Waals surface area contributed by atoms with Crippen molar-refractivity contribution in [2.75, 3.05) is 19.6 Å². The maximum absolute atomic E-state index is 12.0. The number of carbonyl (C=O) groups excluding carboxylic acids is 2. The number of nitrogens with zero attached hydrogens (tertiary/aromatic N) is 1.